The van der Waals surface area contributed by atoms with Gasteiger partial charge in [0.2, 0.25) is 6.41 Å². The van der Waals surface area contributed by atoms with Gasteiger partial charge in [0.05, 0.1) is 23.1 Å². The highest BCUT2D eigenvalue weighted by atomic mass is 16.6. The van der Waals surface area contributed by atoms with Gasteiger partial charge in [0.25, 0.3) is 5.91 Å². The summed E-state index contributed by atoms with van der Waals surface area (Å²) in [5.41, 5.74) is -0.215. The smallest absolute Gasteiger partial charge is 0.332 e. The Balaban J connectivity index is 2.36. The molecule has 0 spiro atoms. The lowest BCUT2D eigenvalue weighted by Crippen LogP contribution is -2.50. The first-order valence-electron chi connectivity index (χ1n) is 13.0. The van der Waals surface area contributed by atoms with Crippen molar-refractivity contribution in [3.8, 4) is 5.75 Å². The number of phenols is 1. The molecule has 1 aromatic rings. The van der Waals surface area contributed by atoms with Crippen LogP contribution in [0.3, 0.4) is 0 Å². The summed E-state index contributed by atoms with van der Waals surface area (Å²) >= 11 is 0. The number of phenolic OH excluding ortho intramolecular Hbond substituents is 1. The molecule has 0 radical (unpaired) electrons. The first kappa shape index (κ1) is 30.6. The number of esters is 3. The fourth-order valence-corrected chi connectivity index (χ4v) is 4.11. The minimum Gasteiger partial charge on any atom is -0.505 e. The van der Waals surface area contributed by atoms with Crippen molar-refractivity contribution >= 4 is 35.9 Å². The molecule has 0 saturated carbocycles. The molecule has 1 aliphatic heterocycles. The second-order valence-electron chi connectivity index (χ2n) is 9.51. The molecule has 6 unspecified atom stereocenters. The minimum atomic E-state index is -1.42. The van der Waals surface area contributed by atoms with Gasteiger partial charge in [-0.25, -0.2) is 4.79 Å². The van der Waals surface area contributed by atoms with E-state index in [2.05, 4.69) is 10.6 Å². The van der Waals surface area contributed by atoms with E-state index in [1.807, 2.05) is 13.8 Å². The number of amides is 2. The maximum Gasteiger partial charge on any atom is 0.332 e. The number of aromatic hydroxyl groups is 1. The summed E-state index contributed by atoms with van der Waals surface area (Å²) in [4.78, 5) is 62.9. The monoisotopic (exact) mass is 534 g/mol. The quantitative estimate of drug-likeness (QED) is 0.128. The van der Waals surface area contributed by atoms with E-state index in [4.69, 9.17) is 14.2 Å². The molecule has 38 heavy (non-hydrogen) atoms. The average molecular weight is 535 g/mol. The molecule has 3 N–H and O–H groups in total. The molecule has 0 aromatic heterocycles. The number of anilines is 1. The number of para-hydroxylation sites is 1. The normalized spacial score (nSPS) is 24.5. The van der Waals surface area contributed by atoms with Gasteiger partial charge in [-0.2, -0.15) is 0 Å². The largest absolute Gasteiger partial charge is 0.505 e. The van der Waals surface area contributed by atoms with Crippen molar-refractivity contribution in [2.24, 2.45) is 11.8 Å². The Morgan fingerprint density at radius 2 is 1.79 bits per heavy atom. The number of cyclic esters (lactones) is 2. The Labute approximate surface area is 222 Å². The molecule has 6 atom stereocenters. The van der Waals surface area contributed by atoms with Crippen molar-refractivity contribution < 1.29 is 43.3 Å². The number of ether oxygens (including phenoxy) is 3. The summed E-state index contributed by atoms with van der Waals surface area (Å²) in [5, 5.41) is 15.1. The summed E-state index contributed by atoms with van der Waals surface area (Å²) in [6.07, 6.45) is 0.457. The number of benzene rings is 1. The maximum atomic E-state index is 13.3. The van der Waals surface area contributed by atoms with Crippen LogP contribution in [0.15, 0.2) is 18.2 Å². The van der Waals surface area contributed by atoms with Crippen molar-refractivity contribution in [3.05, 3.63) is 23.8 Å². The van der Waals surface area contributed by atoms with Crippen LogP contribution in [0, 0.1) is 11.8 Å². The van der Waals surface area contributed by atoms with Crippen molar-refractivity contribution in [2.75, 3.05) is 5.32 Å². The molecule has 0 aliphatic carbocycles. The highest BCUT2D eigenvalue weighted by Crippen LogP contribution is 2.29. The standard InChI is InChI=1S/C27H38N2O9/c1-6-8-9-11-19-23(38-25(33)15(3)7-2)17(5)37-27(35)21(16(4)36-26(19)34)29-24(32)18-12-10-13-20(22(18)31)28-14-30/h10,12-17,19,21,23,31H,6-9,11H2,1-5H3,(H,28,30)(H,29,32). The van der Waals surface area contributed by atoms with Gasteiger partial charge in [0.15, 0.2) is 17.9 Å². The summed E-state index contributed by atoms with van der Waals surface area (Å²) in [6.45, 7) is 8.53. The van der Waals surface area contributed by atoms with Gasteiger partial charge in [-0.15, -0.1) is 0 Å². The number of carbonyl (C=O) groups is 5. The molecule has 11 nitrogen and oxygen atoms in total. The highest BCUT2D eigenvalue weighted by molar-refractivity contribution is 6.01. The summed E-state index contributed by atoms with van der Waals surface area (Å²) in [7, 11) is 0. The van der Waals surface area contributed by atoms with Gasteiger partial charge in [-0.3, -0.25) is 19.2 Å². The number of carbonyl (C=O) groups excluding carboxylic acids is 5. The third-order valence-electron chi connectivity index (χ3n) is 6.66. The Hall–Kier alpha value is -3.63. The second-order valence-corrected chi connectivity index (χ2v) is 9.51. The molecule has 1 aliphatic rings. The van der Waals surface area contributed by atoms with Crippen molar-refractivity contribution in [3.63, 3.8) is 0 Å². The Kier molecular flexibility index (Phi) is 11.5. The van der Waals surface area contributed by atoms with E-state index in [-0.39, 0.29) is 11.3 Å². The topological polar surface area (TPSA) is 157 Å². The molecule has 1 saturated heterocycles. The van der Waals surface area contributed by atoms with Gasteiger partial charge in [-0.05, 0) is 38.8 Å². The van der Waals surface area contributed by atoms with E-state index < -0.39 is 65.8 Å². The second kappa shape index (κ2) is 14.3. The molecule has 2 rings (SSSR count). The van der Waals surface area contributed by atoms with Gasteiger partial charge in [0.1, 0.15) is 12.2 Å². The van der Waals surface area contributed by atoms with Crippen LogP contribution >= 0.6 is 0 Å². The summed E-state index contributed by atoms with van der Waals surface area (Å²) < 4.78 is 16.9. The molecule has 11 heteroatoms. The molecule has 1 aromatic carbocycles. The van der Waals surface area contributed by atoms with Crippen LogP contribution in [0.25, 0.3) is 0 Å². The van der Waals surface area contributed by atoms with Crippen molar-refractivity contribution in [1.29, 1.82) is 0 Å². The first-order valence-corrected chi connectivity index (χ1v) is 13.0. The lowest BCUT2D eigenvalue weighted by atomic mass is 9.92. The number of unbranched alkanes of at least 4 members (excludes halogenated alkanes) is 2. The number of rotatable bonds is 11. The lowest BCUT2D eigenvalue weighted by Gasteiger charge is -2.30. The van der Waals surface area contributed by atoms with Crippen LogP contribution in [-0.4, -0.2) is 59.7 Å². The lowest BCUT2D eigenvalue weighted by molar-refractivity contribution is -0.177. The molecular formula is C27H38N2O9. The fourth-order valence-electron chi connectivity index (χ4n) is 4.11. The van der Waals surface area contributed by atoms with E-state index in [1.54, 1.807) is 6.92 Å². The van der Waals surface area contributed by atoms with E-state index >= 15 is 0 Å². The average Bonchev–Trinajstić information content (AvgIpc) is 2.90. The molecular weight excluding hydrogens is 496 g/mol. The van der Waals surface area contributed by atoms with Gasteiger partial charge < -0.3 is 30.0 Å². The molecule has 1 heterocycles. The van der Waals surface area contributed by atoms with Crippen LogP contribution < -0.4 is 10.6 Å². The first-order chi connectivity index (χ1) is 18.0. The van der Waals surface area contributed by atoms with Crippen LogP contribution in [0.2, 0.25) is 0 Å². The van der Waals surface area contributed by atoms with E-state index in [1.165, 1.54) is 32.0 Å². The Bertz CT molecular complexity index is 1010. The zero-order valence-electron chi connectivity index (χ0n) is 22.5. The Morgan fingerprint density at radius 3 is 2.42 bits per heavy atom. The van der Waals surface area contributed by atoms with Crippen LogP contribution in [0.1, 0.15) is 77.1 Å². The number of hydrogen-bond donors (Lipinski definition) is 3. The molecule has 2 amide bonds. The van der Waals surface area contributed by atoms with E-state index in [0.717, 1.165) is 12.8 Å². The SMILES string of the molecule is CCCCCC1C(=O)OC(C)C(NC(=O)c2cccc(NC=O)c2O)C(=O)OC(C)C1OC(=O)C(C)CC. The third-order valence-corrected chi connectivity index (χ3v) is 6.66. The van der Waals surface area contributed by atoms with Crippen molar-refractivity contribution in [2.45, 2.75) is 91.1 Å². The maximum absolute atomic E-state index is 13.3. The van der Waals surface area contributed by atoms with E-state index in [9.17, 15) is 29.1 Å². The van der Waals surface area contributed by atoms with Gasteiger partial charge in [0, 0.05) is 0 Å². The van der Waals surface area contributed by atoms with E-state index in [0.29, 0.717) is 25.7 Å². The third kappa shape index (κ3) is 7.69. The van der Waals surface area contributed by atoms with Gasteiger partial charge in [-0.1, -0.05) is 46.1 Å². The molecule has 0 bridgehead atoms. The van der Waals surface area contributed by atoms with Crippen LogP contribution in [0.5, 0.6) is 5.75 Å². The highest BCUT2D eigenvalue weighted by Gasteiger charge is 2.44. The zero-order valence-corrected chi connectivity index (χ0v) is 22.5. The molecule has 210 valence electrons. The van der Waals surface area contributed by atoms with Crippen LogP contribution in [-0.2, 0) is 33.4 Å². The predicted molar refractivity (Wildman–Crippen MR) is 137 cm³/mol. The number of nitrogens with one attached hydrogen (secondary N) is 2. The summed E-state index contributed by atoms with van der Waals surface area (Å²) in [5.74, 6) is -4.71. The van der Waals surface area contributed by atoms with Gasteiger partial charge >= 0.3 is 17.9 Å². The number of hydrogen-bond acceptors (Lipinski definition) is 9. The fraction of sp³-hybridized carbons (Fsp3) is 0.593. The minimum absolute atomic E-state index is 0.00122. The zero-order chi connectivity index (χ0) is 28.4. The van der Waals surface area contributed by atoms with Crippen molar-refractivity contribution in [1.82, 2.24) is 5.32 Å². The summed E-state index contributed by atoms with van der Waals surface area (Å²) in [6, 6.07) is 2.70. The van der Waals surface area contributed by atoms with Crippen LogP contribution in [0.4, 0.5) is 5.69 Å². The molecule has 1 fully saturated rings. The Morgan fingerprint density at radius 1 is 1.11 bits per heavy atom. The predicted octanol–water partition coefficient (Wildman–Crippen LogP) is 3.09.